The lowest BCUT2D eigenvalue weighted by atomic mass is 9.71. The van der Waals surface area contributed by atoms with E-state index in [9.17, 15) is 9.90 Å². The summed E-state index contributed by atoms with van der Waals surface area (Å²) in [5, 5.41) is 19.5. The van der Waals surface area contributed by atoms with Gasteiger partial charge in [0.15, 0.2) is 0 Å². The Hall–Kier alpha value is -0.320. The molecule has 24 heavy (non-hydrogen) atoms. The molecule has 0 fully saturated rings. The molecule has 0 saturated carbocycles. The fraction of sp³-hybridized carbons (Fsp3) is 0.947. The third kappa shape index (κ3) is 13.0. The molecule has 4 nitrogen and oxygen atoms in total. The maximum atomic E-state index is 10.9. The number of hydrogen-bond acceptors (Lipinski definition) is 3. The highest BCUT2D eigenvalue weighted by atomic mass is 35.5. The first-order valence-corrected chi connectivity index (χ1v) is 9.17. The topological polar surface area (TPSA) is 92.5 Å². The fourth-order valence-electron chi connectivity index (χ4n) is 2.86. The molecule has 148 valence electrons. The lowest BCUT2D eigenvalue weighted by Gasteiger charge is -2.39. The Morgan fingerprint density at radius 1 is 0.833 bits per heavy atom. The van der Waals surface area contributed by atoms with Gasteiger partial charge in [0.05, 0.1) is 12.0 Å². The van der Waals surface area contributed by atoms with Gasteiger partial charge in [-0.2, -0.15) is 0 Å². The van der Waals surface area contributed by atoms with Gasteiger partial charge in [-0.3, -0.25) is 4.79 Å². The van der Waals surface area contributed by atoms with Crippen molar-refractivity contribution in [3.63, 3.8) is 0 Å². The third-order valence-corrected chi connectivity index (χ3v) is 5.07. The number of aliphatic hydroxyl groups is 1. The van der Waals surface area contributed by atoms with Crippen molar-refractivity contribution in [2.75, 3.05) is 0 Å². The number of carbonyl (C=O) groups is 1. The Labute approximate surface area is 155 Å². The second-order valence-corrected chi connectivity index (χ2v) is 7.66. The molecular formula is C19H42ClNO3. The van der Waals surface area contributed by atoms with E-state index in [1.165, 1.54) is 51.4 Å². The Balaban J connectivity index is -0.00000220. The molecular weight excluding hydrogens is 326 g/mol. The Morgan fingerprint density at radius 3 is 1.58 bits per heavy atom. The van der Waals surface area contributed by atoms with Crippen LogP contribution in [0.2, 0.25) is 0 Å². The number of carboxylic acid groups (broad SMARTS) is 1. The molecule has 0 spiro atoms. The number of rotatable bonds is 14. The summed E-state index contributed by atoms with van der Waals surface area (Å²) in [6.45, 7) is 7.71. The molecule has 0 amide bonds. The molecule has 0 aliphatic heterocycles. The summed E-state index contributed by atoms with van der Waals surface area (Å²) in [6.07, 6.45) is 13.4. The van der Waals surface area contributed by atoms with Crippen molar-refractivity contribution >= 4 is 18.4 Å². The van der Waals surface area contributed by atoms with E-state index in [2.05, 4.69) is 6.92 Å². The van der Waals surface area contributed by atoms with Gasteiger partial charge in [0.1, 0.15) is 0 Å². The molecule has 0 rings (SSSR count). The maximum absolute atomic E-state index is 10.9. The molecule has 5 heteroatoms. The summed E-state index contributed by atoms with van der Waals surface area (Å²) in [5.41, 5.74) is -1.50. The van der Waals surface area contributed by atoms with Crippen LogP contribution >= 0.6 is 12.4 Å². The van der Waals surface area contributed by atoms with Crippen LogP contribution in [0.4, 0.5) is 0 Å². The molecule has 0 radical (unpaired) electrons. The first kappa shape index (κ1) is 28.5. The average Bonchev–Trinajstić information content (AvgIpc) is 2.39. The van der Waals surface area contributed by atoms with Crippen LogP contribution in [0.15, 0.2) is 0 Å². The molecule has 0 aromatic carbocycles. The first-order valence-electron chi connectivity index (χ1n) is 9.17. The zero-order valence-corrected chi connectivity index (χ0v) is 17.2. The summed E-state index contributed by atoms with van der Waals surface area (Å²) in [4.78, 5) is 10.9. The SMILES string of the molecule is CCCCCCCCCCCCC(C)(O)C(C)(C)CC(=O)O.Cl.N. The zero-order valence-electron chi connectivity index (χ0n) is 16.4. The van der Waals surface area contributed by atoms with Crippen LogP contribution in [0, 0.1) is 5.41 Å². The molecule has 0 aromatic heterocycles. The maximum Gasteiger partial charge on any atom is 0.303 e. The van der Waals surface area contributed by atoms with Gasteiger partial charge in [0.2, 0.25) is 0 Å². The van der Waals surface area contributed by atoms with Gasteiger partial charge in [0.25, 0.3) is 0 Å². The number of halogens is 1. The summed E-state index contributed by atoms with van der Waals surface area (Å²) in [6, 6.07) is 0. The van der Waals surface area contributed by atoms with Crippen LogP contribution in [0.3, 0.4) is 0 Å². The van der Waals surface area contributed by atoms with Crippen molar-refractivity contribution in [3.05, 3.63) is 0 Å². The molecule has 1 atom stereocenters. The highest BCUT2D eigenvalue weighted by Gasteiger charge is 2.40. The van der Waals surface area contributed by atoms with Crippen LogP contribution < -0.4 is 6.15 Å². The lowest BCUT2D eigenvalue weighted by molar-refractivity contribution is -0.145. The lowest BCUT2D eigenvalue weighted by Crippen LogP contribution is -2.43. The van der Waals surface area contributed by atoms with E-state index in [-0.39, 0.29) is 25.0 Å². The van der Waals surface area contributed by atoms with Gasteiger partial charge >= 0.3 is 5.97 Å². The highest BCUT2D eigenvalue weighted by Crippen LogP contribution is 2.37. The first-order chi connectivity index (χ1) is 10.2. The molecule has 0 bridgehead atoms. The van der Waals surface area contributed by atoms with Crippen LogP contribution in [-0.2, 0) is 4.79 Å². The predicted molar refractivity (Wildman–Crippen MR) is 105 cm³/mol. The third-order valence-electron chi connectivity index (χ3n) is 5.07. The summed E-state index contributed by atoms with van der Waals surface area (Å²) in [5.74, 6) is -0.839. The van der Waals surface area contributed by atoms with Crippen LogP contribution in [0.1, 0.15) is 105 Å². The predicted octanol–water partition coefficient (Wildman–Crippen LogP) is 6.13. The van der Waals surface area contributed by atoms with Gasteiger partial charge in [-0.05, 0) is 13.3 Å². The van der Waals surface area contributed by atoms with Gasteiger partial charge in [-0.15, -0.1) is 12.4 Å². The van der Waals surface area contributed by atoms with Crippen molar-refractivity contribution in [3.8, 4) is 0 Å². The molecule has 0 heterocycles. The molecule has 5 N–H and O–H groups in total. The van der Waals surface area contributed by atoms with Crippen LogP contribution in [0.25, 0.3) is 0 Å². The highest BCUT2D eigenvalue weighted by molar-refractivity contribution is 5.85. The Morgan fingerprint density at radius 2 is 1.21 bits per heavy atom. The van der Waals surface area contributed by atoms with Crippen LogP contribution in [0.5, 0.6) is 0 Å². The van der Waals surface area contributed by atoms with Crippen molar-refractivity contribution in [2.24, 2.45) is 5.41 Å². The molecule has 0 aliphatic carbocycles. The van der Waals surface area contributed by atoms with E-state index in [1.807, 2.05) is 13.8 Å². The van der Waals surface area contributed by atoms with Gasteiger partial charge in [0, 0.05) is 5.41 Å². The molecule has 0 aromatic rings. The second kappa shape index (κ2) is 15.0. The molecule has 0 saturated heterocycles. The van der Waals surface area contributed by atoms with E-state index >= 15 is 0 Å². The van der Waals surface area contributed by atoms with Crippen molar-refractivity contribution in [1.29, 1.82) is 0 Å². The van der Waals surface area contributed by atoms with E-state index < -0.39 is 17.0 Å². The Bertz CT molecular complexity index is 307. The van der Waals surface area contributed by atoms with Gasteiger partial charge in [-0.1, -0.05) is 85.0 Å². The second-order valence-electron chi connectivity index (χ2n) is 7.66. The van der Waals surface area contributed by atoms with Gasteiger partial charge < -0.3 is 16.4 Å². The standard InChI is InChI=1S/C19H38O3.ClH.H3N/c1-5-6-7-8-9-10-11-12-13-14-15-19(4,22)18(2,3)16-17(20)21;;/h22H,5-16H2,1-4H3,(H,20,21);1H;1H3. The Kier molecular flexibility index (Phi) is 17.8. The average molecular weight is 368 g/mol. The minimum Gasteiger partial charge on any atom is -0.481 e. The van der Waals surface area contributed by atoms with E-state index in [0.29, 0.717) is 6.42 Å². The van der Waals surface area contributed by atoms with Gasteiger partial charge in [-0.25, -0.2) is 0 Å². The fourth-order valence-corrected chi connectivity index (χ4v) is 2.86. The van der Waals surface area contributed by atoms with Crippen molar-refractivity contribution in [1.82, 2.24) is 6.15 Å². The van der Waals surface area contributed by atoms with E-state index in [1.54, 1.807) is 6.92 Å². The quantitative estimate of drug-likeness (QED) is 0.322. The number of unbranched alkanes of at least 4 members (excludes halogenated alkanes) is 9. The summed E-state index contributed by atoms with van der Waals surface area (Å²) < 4.78 is 0. The smallest absolute Gasteiger partial charge is 0.303 e. The van der Waals surface area contributed by atoms with Crippen molar-refractivity contribution < 1.29 is 15.0 Å². The molecule has 1 unspecified atom stereocenters. The van der Waals surface area contributed by atoms with E-state index in [4.69, 9.17) is 5.11 Å². The van der Waals surface area contributed by atoms with Crippen LogP contribution in [-0.4, -0.2) is 21.8 Å². The minimum atomic E-state index is -0.911. The zero-order chi connectivity index (χ0) is 17.1. The monoisotopic (exact) mass is 367 g/mol. The summed E-state index contributed by atoms with van der Waals surface area (Å²) >= 11 is 0. The summed E-state index contributed by atoms with van der Waals surface area (Å²) in [7, 11) is 0. The number of aliphatic carboxylic acids is 1. The van der Waals surface area contributed by atoms with Crippen molar-refractivity contribution in [2.45, 2.75) is 110 Å². The number of carboxylic acids is 1. The van der Waals surface area contributed by atoms with E-state index in [0.717, 1.165) is 12.8 Å². The minimum absolute atomic E-state index is 0. The normalized spacial score (nSPS) is 13.5. The molecule has 0 aliphatic rings. The largest absolute Gasteiger partial charge is 0.481 e. The number of hydrogen-bond donors (Lipinski definition) is 3.